The number of thiophene rings is 1. The van der Waals surface area contributed by atoms with Crippen molar-refractivity contribution in [1.29, 1.82) is 0 Å². The van der Waals surface area contributed by atoms with E-state index in [1.54, 1.807) is 23.9 Å². The number of ether oxygens (including phenoxy) is 1. The van der Waals surface area contributed by atoms with Crippen molar-refractivity contribution >= 4 is 27.4 Å². The fourth-order valence-electron chi connectivity index (χ4n) is 3.17. The van der Waals surface area contributed by atoms with Crippen LogP contribution in [0.15, 0.2) is 36.2 Å². The van der Waals surface area contributed by atoms with Crippen molar-refractivity contribution in [1.82, 2.24) is 15.0 Å². The molecule has 0 amide bonds. The molecule has 3 aromatic heterocycles. The molecule has 1 aliphatic heterocycles. The molecular formula is C18H20N4OS. The van der Waals surface area contributed by atoms with Gasteiger partial charge in [0.1, 0.15) is 22.7 Å². The maximum atomic E-state index is 5.99. The average Bonchev–Trinajstić information content (AvgIpc) is 3.10. The quantitative estimate of drug-likeness (QED) is 0.725. The number of hydrogen-bond donors (Lipinski definition) is 0. The highest BCUT2D eigenvalue weighted by Crippen LogP contribution is 2.30. The lowest BCUT2D eigenvalue weighted by Gasteiger charge is -2.33. The third kappa shape index (κ3) is 3.06. The zero-order valence-corrected chi connectivity index (χ0v) is 14.5. The van der Waals surface area contributed by atoms with E-state index in [-0.39, 0.29) is 0 Å². The summed E-state index contributed by atoms with van der Waals surface area (Å²) in [6.07, 6.45) is 7.56. The van der Waals surface area contributed by atoms with Crippen LogP contribution in [0.4, 0.5) is 5.82 Å². The second-order valence-corrected chi connectivity index (χ2v) is 7.11. The molecule has 0 radical (unpaired) electrons. The van der Waals surface area contributed by atoms with Gasteiger partial charge in [-0.25, -0.2) is 9.97 Å². The molecule has 1 fully saturated rings. The summed E-state index contributed by atoms with van der Waals surface area (Å²) in [4.78, 5) is 16.4. The summed E-state index contributed by atoms with van der Waals surface area (Å²) in [5, 5.41) is 3.25. The molecule has 24 heavy (non-hydrogen) atoms. The number of pyridine rings is 1. The normalized spacial score (nSPS) is 15.8. The second kappa shape index (κ2) is 6.73. The smallest absolute Gasteiger partial charge is 0.140 e. The molecule has 0 atom stereocenters. The Morgan fingerprint density at radius 3 is 2.96 bits per heavy atom. The van der Waals surface area contributed by atoms with Gasteiger partial charge in [0.15, 0.2) is 0 Å². The topological polar surface area (TPSA) is 51.1 Å². The molecule has 5 nitrogen and oxygen atoms in total. The number of aromatic nitrogens is 3. The van der Waals surface area contributed by atoms with Crippen LogP contribution in [0.1, 0.15) is 18.4 Å². The van der Waals surface area contributed by atoms with Gasteiger partial charge in [-0.05, 0) is 43.2 Å². The molecular weight excluding hydrogens is 320 g/mol. The highest BCUT2D eigenvalue weighted by Gasteiger charge is 2.22. The number of rotatable bonds is 4. The van der Waals surface area contributed by atoms with E-state index >= 15 is 0 Å². The number of anilines is 1. The summed E-state index contributed by atoms with van der Waals surface area (Å²) in [7, 11) is 0. The van der Waals surface area contributed by atoms with Gasteiger partial charge >= 0.3 is 0 Å². The van der Waals surface area contributed by atoms with Crippen molar-refractivity contribution in [2.45, 2.75) is 19.8 Å². The Labute approximate surface area is 145 Å². The second-order valence-electron chi connectivity index (χ2n) is 6.22. The first-order chi connectivity index (χ1) is 11.8. The van der Waals surface area contributed by atoms with Crippen LogP contribution in [0, 0.1) is 12.8 Å². The summed E-state index contributed by atoms with van der Waals surface area (Å²) in [5.74, 6) is 2.61. The molecule has 0 spiro atoms. The van der Waals surface area contributed by atoms with E-state index in [4.69, 9.17) is 4.74 Å². The molecule has 0 N–H and O–H groups in total. The van der Waals surface area contributed by atoms with E-state index in [9.17, 15) is 0 Å². The third-order valence-electron chi connectivity index (χ3n) is 4.60. The maximum Gasteiger partial charge on any atom is 0.140 e. The minimum Gasteiger partial charge on any atom is -0.493 e. The predicted molar refractivity (Wildman–Crippen MR) is 96.8 cm³/mol. The summed E-state index contributed by atoms with van der Waals surface area (Å²) in [6, 6.07) is 4.06. The first-order valence-electron chi connectivity index (χ1n) is 8.28. The molecule has 124 valence electrons. The van der Waals surface area contributed by atoms with Gasteiger partial charge in [-0.2, -0.15) is 0 Å². The lowest BCUT2D eigenvalue weighted by atomic mass is 9.97. The van der Waals surface area contributed by atoms with E-state index in [1.807, 2.05) is 19.2 Å². The highest BCUT2D eigenvalue weighted by molar-refractivity contribution is 7.16. The van der Waals surface area contributed by atoms with E-state index < -0.39 is 0 Å². The van der Waals surface area contributed by atoms with E-state index in [0.29, 0.717) is 5.92 Å². The summed E-state index contributed by atoms with van der Waals surface area (Å²) < 4.78 is 5.99. The first kappa shape index (κ1) is 15.3. The number of nitrogens with zero attached hydrogens (tertiary/aromatic N) is 4. The third-order valence-corrected chi connectivity index (χ3v) is 5.42. The fraction of sp³-hybridized carbons (Fsp3) is 0.389. The van der Waals surface area contributed by atoms with Gasteiger partial charge in [-0.1, -0.05) is 0 Å². The van der Waals surface area contributed by atoms with Crippen LogP contribution < -0.4 is 9.64 Å². The van der Waals surface area contributed by atoms with Gasteiger partial charge in [0.2, 0.25) is 0 Å². The Kier molecular flexibility index (Phi) is 4.30. The van der Waals surface area contributed by atoms with Gasteiger partial charge in [0.05, 0.1) is 12.0 Å². The highest BCUT2D eigenvalue weighted by atomic mass is 32.1. The summed E-state index contributed by atoms with van der Waals surface area (Å²) in [5.41, 5.74) is 1.09. The van der Waals surface area contributed by atoms with Crippen molar-refractivity contribution in [2.24, 2.45) is 5.92 Å². The Morgan fingerprint density at radius 2 is 2.12 bits per heavy atom. The van der Waals surface area contributed by atoms with Crippen LogP contribution in [-0.2, 0) is 0 Å². The molecule has 0 aromatic carbocycles. The van der Waals surface area contributed by atoms with E-state index in [2.05, 4.69) is 31.3 Å². The number of piperidine rings is 1. The van der Waals surface area contributed by atoms with Gasteiger partial charge in [0.25, 0.3) is 0 Å². The van der Waals surface area contributed by atoms with Crippen LogP contribution >= 0.6 is 11.3 Å². The SMILES string of the molecule is Cc1cnccc1OCC1CCN(c2ncnc3sccc23)CC1. The maximum absolute atomic E-state index is 5.99. The van der Waals surface area contributed by atoms with Crippen LogP contribution in [0.2, 0.25) is 0 Å². The lowest BCUT2D eigenvalue weighted by Crippen LogP contribution is -2.36. The zero-order valence-electron chi connectivity index (χ0n) is 13.7. The fourth-order valence-corrected chi connectivity index (χ4v) is 3.90. The zero-order chi connectivity index (χ0) is 16.4. The molecule has 0 aliphatic carbocycles. The molecule has 0 unspecified atom stereocenters. The Morgan fingerprint density at radius 1 is 1.25 bits per heavy atom. The van der Waals surface area contributed by atoms with Crippen LogP contribution in [0.25, 0.3) is 10.2 Å². The van der Waals surface area contributed by atoms with Crippen LogP contribution in [-0.4, -0.2) is 34.6 Å². The van der Waals surface area contributed by atoms with Crippen LogP contribution in [0.3, 0.4) is 0 Å². The Hall–Kier alpha value is -2.21. The van der Waals surface area contributed by atoms with Crippen molar-refractivity contribution in [3.05, 3.63) is 41.8 Å². The molecule has 1 aliphatic rings. The van der Waals surface area contributed by atoms with Gasteiger partial charge in [-0.3, -0.25) is 4.98 Å². The van der Waals surface area contributed by atoms with Gasteiger partial charge in [0, 0.05) is 31.0 Å². The van der Waals surface area contributed by atoms with Gasteiger partial charge in [-0.15, -0.1) is 11.3 Å². The average molecular weight is 340 g/mol. The summed E-state index contributed by atoms with van der Waals surface area (Å²) in [6.45, 7) is 4.85. The van der Waals surface area contributed by atoms with E-state index in [0.717, 1.165) is 54.5 Å². The van der Waals surface area contributed by atoms with Crippen molar-refractivity contribution in [3.8, 4) is 5.75 Å². The number of hydrogen-bond acceptors (Lipinski definition) is 6. The summed E-state index contributed by atoms with van der Waals surface area (Å²) >= 11 is 1.67. The van der Waals surface area contributed by atoms with E-state index in [1.165, 1.54) is 5.39 Å². The largest absolute Gasteiger partial charge is 0.493 e. The standard InChI is InChI=1S/C18H20N4OS/c1-13-10-19-6-2-16(13)23-11-14-3-7-22(8-4-14)17-15-5-9-24-18(15)21-12-20-17/h2,5-6,9-10,12,14H,3-4,7-8,11H2,1H3. The number of aryl methyl sites for hydroxylation is 1. The lowest BCUT2D eigenvalue weighted by molar-refractivity contribution is 0.221. The Balaban J connectivity index is 1.37. The molecule has 1 saturated heterocycles. The van der Waals surface area contributed by atoms with Crippen molar-refractivity contribution in [2.75, 3.05) is 24.6 Å². The van der Waals surface area contributed by atoms with Crippen LogP contribution in [0.5, 0.6) is 5.75 Å². The molecule has 0 saturated carbocycles. The molecule has 6 heteroatoms. The molecule has 0 bridgehead atoms. The minimum absolute atomic E-state index is 0.591. The number of fused-ring (bicyclic) bond motifs is 1. The predicted octanol–water partition coefficient (Wildman–Crippen LogP) is 3.69. The molecule has 4 rings (SSSR count). The molecule has 4 heterocycles. The monoisotopic (exact) mass is 340 g/mol. The Bertz CT molecular complexity index is 827. The first-order valence-corrected chi connectivity index (χ1v) is 9.16. The van der Waals surface area contributed by atoms with Gasteiger partial charge < -0.3 is 9.64 Å². The van der Waals surface area contributed by atoms with Crippen molar-refractivity contribution in [3.63, 3.8) is 0 Å². The van der Waals surface area contributed by atoms with Crippen molar-refractivity contribution < 1.29 is 4.74 Å². The minimum atomic E-state index is 0.591. The molecule has 3 aromatic rings.